The van der Waals surface area contributed by atoms with Gasteiger partial charge < -0.3 is 14.8 Å². The lowest BCUT2D eigenvalue weighted by Crippen LogP contribution is -2.21. The number of methoxy groups -OCH3 is 1. The van der Waals surface area contributed by atoms with Crippen LogP contribution in [0.2, 0.25) is 0 Å². The van der Waals surface area contributed by atoms with Crippen LogP contribution < -0.4 is 5.32 Å². The Kier molecular flexibility index (Phi) is 6.85. The van der Waals surface area contributed by atoms with Crippen molar-refractivity contribution in [3.05, 3.63) is 47.5 Å². The van der Waals surface area contributed by atoms with Crippen molar-refractivity contribution >= 4 is 5.97 Å². The van der Waals surface area contributed by atoms with Gasteiger partial charge in [0.15, 0.2) is 0 Å². The van der Waals surface area contributed by atoms with E-state index in [0.29, 0.717) is 31.9 Å². The number of carbonyl (C=O) groups is 1. The SMILES string of the molecule is C=C(CNCc1cccc(COC)c1)C(=O)OCC. The van der Waals surface area contributed by atoms with E-state index in [1.807, 2.05) is 18.2 Å². The molecule has 0 saturated carbocycles. The van der Waals surface area contributed by atoms with Crippen LogP contribution in [0, 0.1) is 0 Å². The van der Waals surface area contributed by atoms with Crippen LogP contribution in [0.3, 0.4) is 0 Å². The van der Waals surface area contributed by atoms with E-state index in [-0.39, 0.29) is 5.97 Å². The topological polar surface area (TPSA) is 47.6 Å². The zero-order chi connectivity index (χ0) is 14.1. The predicted molar refractivity (Wildman–Crippen MR) is 74.6 cm³/mol. The van der Waals surface area contributed by atoms with Gasteiger partial charge in [0.1, 0.15) is 0 Å². The van der Waals surface area contributed by atoms with Gasteiger partial charge in [-0.2, -0.15) is 0 Å². The summed E-state index contributed by atoms with van der Waals surface area (Å²) >= 11 is 0. The summed E-state index contributed by atoms with van der Waals surface area (Å²) in [6.45, 7) is 7.55. The Morgan fingerprint density at radius 3 is 2.79 bits per heavy atom. The van der Waals surface area contributed by atoms with E-state index in [9.17, 15) is 4.79 Å². The molecule has 0 radical (unpaired) electrons. The number of hydrogen-bond donors (Lipinski definition) is 1. The number of rotatable bonds is 8. The lowest BCUT2D eigenvalue weighted by atomic mass is 10.1. The quantitative estimate of drug-likeness (QED) is 0.576. The van der Waals surface area contributed by atoms with Crippen LogP contribution in [0.25, 0.3) is 0 Å². The van der Waals surface area contributed by atoms with Gasteiger partial charge in [-0.3, -0.25) is 0 Å². The third kappa shape index (κ3) is 5.68. The Bertz CT molecular complexity index is 429. The fourth-order valence-corrected chi connectivity index (χ4v) is 1.66. The first-order valence-corrected chi connectivity index (χ1v) is 6.29. The lowest BCUT2D eigenvalue weighted by molar-refractivity contribution is -0.138. The van der Waals surface area contributed by atoms with E-state index in [0.717, 1.165) is 11.1 Å². The maximum Gasteiger partial charge on any atom is 0.334 e. The molecule has 0 aliphatic carbocycles. The molecular weight excluding hydrogens is 242 g/mol. The van der Waals surface area contributed by atoms with E-state index in [1.165, 1.54) is 0 Å². The summed E-state index contributed by atoms with van der Waals surface area (Å²) in [7, 11) is 1.67. The first-order valence-electron chi connectivity index (χ1n) is 6.29. The molecule has 1 aromatic carbocycles. The highest BCUT2D eigenvalue weighted by Crippen LogP contribution is 2.06. The normalized spacial score (nSPS) is 10.2. The largest absolute Gasteiger partial charge is 0.463 e. The Balaban J connectivity index is 2.38. The van der Waals surface area contributed by atoms with Crippen LogP contribution in [-0.2, 0) is 27.4 Å². The van der Waals surface area contributed by atoms with Crippen LogP contribution in [0.4, 0.5) is 0 Å². The van der Waals surface area contributed by atoms with Gasteiger partial charge in [-0.25, -0.2) is 4.79 Å². The van der Waals surface area contributed by atoms with Crippen molar-refractivity contribution in [1.82, 2.24) is 5.32 Å². The molecular formula is C15H21NO3. The van der Waals surface area contributed by atoms with Crippen molar-refractivity contribution in [3.63, 3.8) is 0 Å². The van der Waals surface area contributed by atoms with E-state index in [4.69, 9.17) is 9.47 Å². The maximum atomic E-state index is 11.3. The Hall–Kier alpha value is -1.65. The highest BCUT2D eigenvalue weighted by Gasteiger charge is 2.06. The van der Waals surface area contributed by atoms with Crippen LogP contribution in [0.15, 0.2) is 36.4 Å². The number of benzene rings is 1. The highest BCUT2D eigenvalue weighted by molar-refractivity contribution is 5.88. The van der Waals surface area contributed by atoms with Crippen molar-refractivity contribution in [3.8, 4) is 0 Å². The number of ether oxygens (including phenoxy) is 2. The molecule has 0 aromatic heterocycles. The smallest absolute Gasteiger partial charge is 0.334 e. The zero-order valence-electron chi connectivity index (χ0n) is 11.6. The number of hydrogen-bond acceptors (Lipinski definition) is 4. The second kappa shape index (κ2) is 8.45. The summed E-state index contributed by atoms with van der Waals surface area (Å²) < 4.78 is 9.95. The molecule has 0 atom stereocenters. The zero-order valence-corrected chi connectivity index (χ0v) is 11.6. The molecule has 4 nitrogen and oxygen atoms in total. The summed E-state index contributed by atoms with van der Waals surface area (Å²) in [4.78, 5) is 11.3. The van der Waals surface area contributed by atoms with E-state index >= 15 is 0 Å². The van der Waals surface area contributed by atoms with Crippen LogP contribution in [0.5, 0.6) is 0 Å². The van der Waals surface area contributed by atoms with Gasteiger partial charge >= 0.3 is 5.97 Å². The average Bonchev–Trinajstić information content (AvgIpc) is 2.40. The van der Waals surface area contributed by atoms with Gasteiger partial charge in [0.2, 0.25) is 0 Å². The Morgan fingerprint density at radius 1 is 1.37 bits per heavy atom. The van der Waals surface area contributed by atoms with Crippen molar-refractivity contribution in [2.75, 3.05) is 20.3 Å². The van der Waals surface area contributed by atoms with Gasteiger partial charge in [-0.1, -0.05) is 30.8 Å². The third-order valence-electron chi connectivity index (χ3n) is 2.53. The molecule has 0 spiro atoms. The van der Waals surface area contributed by atoms with E-state index in [1.54, 1.807) is 14.0 Å². The first kappa shape index (κ1) is 15.4. The summed E-state index contributed by atoms with van der Waals surface area (Å²) in [6, 6.07) is 8.11. The van der Waals surface area contributed by atoms with Crippen molar-refractivity contribution in [2.24, 2.45) is 0 Å². The molecule has 19 heavy (non-hydrogen) atoms. The summed E-state index contributed by atoms with van der Waals surface area (Å²) in [5.74, 6) is -0.344. The van der Waals surface area contributed by atoms with Gasteiger partial charge in [-0.15, -0.1) is 0 Å². The summed E-state index contributed by atoms with van der Waals surface area (Å²) in [5.41, 5.74) is 2.71. The average molecular weight is 263 g/mol. The molecule has 4 heteroatoms. The second-order valence-corrected chi connectivity index (χ2v) is 4.18. The number of nitrogens with one attached hydrogen (secondary N) is 1. The molecule has 1 N–H and O–H groups in total. The number of esters is 1. The summed E-state index contributed by atoms with van der Waals surface area (Å²) in [5, 5.41) is 3.17. The maximum absolute atomic E-state index is 11.3. The van der Waals surface area contributed by atoms with Gasteiger partial charge in [-0.05, 0) is 18.1 Å². The predicted octanol–water partition coefficient (Wildman–Crippen LogP) is 2.04. The van der Waals surface area contributed by atoms with Crippen molar-refractivity contribution in [1.29, 1.82) is 0 Å². The van der Waals surface area contributed by atoms with Crippen molar-refractivity contribution < 1.29 is 14.3 Å². The highest BCUT2D eigenvalue weighted by atomic mass is 16.5. The molecule has 0 amide bonds. The molecule has 0 fully saturated rings. The minimum Gasteiger partial charge on any atom is -0.463 e. The van der Waals surface area contributed by atoms with Gasteiger partial charge in [0.25, 0.3) is 0 Å². The molecule has 0 bridgehead atoms. The third-order valence-corrected chi connectivity index (χ3v) is 2.53. The van der Waals surface area contributed by atoms with Gasteiger partial charge in [0.05, 0.1) is 13.2 Å². The van der Waals surface area contributed by atoms with E-state index < -0.39 is 0 Å². The lowest BCUT2D eigenvalue weighted by Gasteiger charge is -2.08. The summed E-state index contributed by atoms with van der Waals surface area (Å²) in [6.07, 6.45) is 0. The Morgan fingerprint density at radius 2 is 2.11 bits per heavy atom. The molecule has 0 heterocycles. The standard InChI is InChI=1S/C15H21NO3/c1-4-19-15(17)12(2)9-16-10-13-6-5-7-14(8-13)11-18-3/h5-8,16H,2,4,9-11H2,1,3H3. The molecule has 0 aliphatic rings. The van der Waals surface area contributed by atoms with Crippen molar-refractivity contribution in [2.45, 2.75) is 20.1 Å². The molecule has 0 unspecified atom stereocenters. The fraction of sp³-hybridized carbons (Fsp3) is 0.400. The number of carbonyl (C=O) groups excluding carboxylic acids is 1. The Labute approximate surface area is 114 Å². The van der Waals surface area contributed by atoms with Crippen LogP contribution >= 0.6 is 0 Å². The molecule has 0 saturated heterocycles. The minimum absolute atomic E-state index is 0.344. The molecule has 1 rings (SSSR count). The monoisotopic (exact) mass is 263 g/mol. The van der Waals surface area contributed by atoms with Gasteiger partial charge in [0, 0.05) is 25.8 Å². The van der Waals surface area contributed by atoms with E-state index in [2.05, 4.69) is 18.0 Å². The first-order chi connectivity index (χ1) is 9.17. The molecule has 0 aliphatic heterocycles. The molecule has 1 aromatic rings. The molecule has 104 valence electrons. The van der Waals surface area contributed by atoms with Crippen LogP contribution in [0.1, 0.15) is 18.1 Å². The minimum atomic E-state index is -0.344. The second-order valence-electron chi connectivity index (χ2n) is 4.18. The van der Waals surface area contributed by atoms with Crippen LogP contribution in [-0.4, -0.2) is 26.2 Å². The fourth-order valence-electron chi connectivity index (χ4n) is 1.66.